The minimum Gasteiger partial charge on any atom is -0.328 e. The summed E-state index contributed by atoms with van der Waals surface area (Å²) in [4.78, 5) is 20.2. The Morgan fingerprint density at radius 1 is 1.19 bits per heavy atom. The Kier molecular flexibility index (Phi) is 5.27. The lowest BCUT2D eigenvalue weighted by molar-refractivity contribution is -0.138. The van der Waals surface area contributed by atoms with Crippen LogP contribution in [0.4, 0.5) is 13.2 Å². The van der Waals surface area contributed by atoms with Crippen LogP contribution in [0.25, 0.3) is 22.2 Å². The molecule has 0 amide bonds. The molecule has 2 aromatic heterocycles. The fraction of sp³-hybridized carbons (Fsp3) is 0.316. The molecule has 0 spiro atoms. The Morgan fingerprint density at radius 2 is 1.89 bits per heavy atom. The number of benzene rings is 1. The average molecular weight is 376 g/mol. The van der Waals surface area contributed by atoms with Gasteiger partial charge in [-0.1, -0.05) is 6.07 Å². The van der Waals surface area contributed by atoms with Crippen LogP contribution in [0, 0.1) is 0 Å². The fourth-order valence-electron chi connectivity index (χ4n) is 2.81. The van der Waals surface area contributed by atoms with E-state index < -0.39 is 11.7 Å². The Balaban J connectivity index is 1.89. The third kappa shape index (κ3) is 4.33. The number of hydrogen-bond acceptors (Lipinski definition) is 4. The van der Waals surface area contributed by atoms with Crippen LogP contribution in [-0.2, 0) is 12.7 Å². The van der Waals surface area contributed by atoms with E-state index in [4.69, 9.17) is 5.73 Å². The van der Waals surface area contributed by atoms with Crippen molar-refractivity contribution in [2.45, 2.75) is 38.5 Å². The van der Waals surface area contributed by atoms with Crippen LogP contribution >= 0.6 is 0 Å². The van der Waals surface area contributed by atoms with Gasteiger partial charge in [-0.25, -0.2) is 9.97 Å². The number of fused-ring (bicyclic) bond motifs is 1. The van der Waals surface area contributed by atoms with Gasteiger partial charge in [0.2, 0.25) is 0 Å². The maximum atomic E-state index is 12.6. The molecule has 27 heavy (non-hydrogen) atoms. The van der Waals surface area contributed by atoms with Gasteiger partial charge in [-0.05, 0) is 43.4 Å². The van der Waals surface area contributed by atoms with Crippen molar-refractivity contribution in [3.63, 3.8) is 0 Å². The summed E-state index contributed by atoms with van der Waals surface area (Å²) in [6.45, 7) is 2.51. The van der Waals surface area contributed by atoms with Gasteiger partial charge in [0.05, 0.1) is 5.56 Å². The molecule has 0 saturated heterocycles. The highest BCUT2D eigenvalue weighted by molar-refractivity contribution is 5.85. The lowest BCUT2D eigenvalue weighted by Crippen LogP contribution is -2.21. The van der Waals surface area contributed by atoms with Gasteiger partial charge in [0.15, 0.2) is 5.82 Å². The molecule has 5 nitrogen and oxygen atoms in total. The zero-order chi connectivity index (χ0) is 19.6. The topological polar surface area (TPSA) is 73.8 Å². The Morgan fingerprint density at radius 3 is 2.52 bits per heavy atom. The summed E-state index contributed by atoms with van der Waals surface area (Å²) in [6.07, 6.45) is 0.374. The summed E-state index contributed by atoms with van der Waals surface area (Å²) in [6, 6.07) is 6.88. The monoisotopic (exact) mass is 376 g/mol. The molecule has 0 aliphatic carbocycles. The normalized spacial score (nSPS) is 13.1. The van der Waals surface area contributed by atoms with E-state index in [0.717, 1.165) is 25.2 Å². The SMILES string of the molecule is CC(N)CCCn1ccc2cc(-c3ncc(C(F)(F)F)cn3)ccc2c1=O. The molecule has 0 saturated carbocycles. The number of nitrogens with two attached hydrogens (primary N) is 1. The minimum atomic E-state index is -4.48. The van der Waals surface area contributed by atoms with E-state index in [1.54, 1.807) is 35.0 Å². The zero-order valence-corrected chi connectivity index (χ0v) is 14.7. The molecule has 8 heteroatoms. The van der Waals surface area contributed by atoms with Crippen LogP contribution in [0.5, 0.6) is 0 Å². The molecule has 0 bridgehead atoms. The molecule has 0 radical (unpaired) electrons. The van der Waals surface area contributed by atoms with E-state index in [-0.39, 0.29) is 17.4 Å². The van der Waals surface area contributed by atoms with Crippen molar-refractivity contribution in [1.29, 1.82) is 0 Å². The summed E-state index contributed by atoms with van der Waals surface area (Å²) < 4.78 is 39.5. The van der Waals surface area contributed by atoms with Gasteiger partial charge >= 0.3 is 6.18 Å². The second kappa shape index (κ2) is 7.48. The second-order valence-electron chi connectivity index (χ2n) is 6.53. The number of aromatic nitrogens is 3. The van der Waals surface area contributed by atoms with Crippen molar-refractivity contribution in [3.8, 4) is 11.4 Å². The van der Waals surface area contributed by atoms with Crippen LogP contribution in [0.2, 0.25) is 0 Å². The number of alkyl halides is 3. The zero-order valence-electron chi connectivity index (χ0n) is 14.7. The van der Waals surface area contributed by atoms with E-state index in [0.29, 0.717) is 22.9 Å². The van der Waals surface area contributed by atoms with Gasteiger partial charge < -0.3 is 10.3 Å². The van der Waals surface area contributed by atoms with E-state index >= 15 is 0 Å². The van der Waals surface area contributed by atoms with Crippen LogP contribution in [0.1, 0.15) is 25.3 Å². The lowest BCUT2D eigenvalue weighted by Gasteiger charge is -2.10. The van der Waals surface area contributed by atoms with Crippen molar-refractivity contribution in [3.05, 3.63) is 58.8 Å². The Labute approximate surface area is 153 Å². The number of rotatable bonds is 5. The maximum Gasteiger partial charge on any atom is 0.419 e. The predicted octanol–water partition coefficient (Wildman–Crippen LogP) is 3.60. The molecule has 1 atom stereocenters. The quantitative estimate of drug-likeness (QED) is 0.738. The number of nitrogens with zero attached hydrogens (tertiary/aromatic N) is 3. The first kappa shape index (κ1) is 19.0. The minimum absolute atomic E-state index is 0.0902. The van der Waals surface area contributed by atoms with E-state index in [1.165, 1.54) is 0 Å². The van der Waals surface area contributed by atoms with Crippen LogP contribution in [0.3, 0.4) is 0 Å². The van der Waals surface area contributed by atoms with Gasteiger partial charge in [-0.2, -0.15) is 13.2 Å². The van der Waals surface area contributed by atoms with Gasteiger partial charge in [-0.3, -0.25) is 4.79 Å². The number of halogens is 3. The third-order valence-corrected chi connectivity index (χ3v) is 4.27. The Hall–Kier alpha value is -2.74. The van der Waals surface area contributed by atoms with Crippen LogP contribution < -0.4 is 11.3 Å². The Bertz CT molecular complexity index is 994. The van der Waals surface area contributed by atoms with Crippen molar-refractivity contribution in [1.82, 2.24) is 14.5 Å². The highest BCUT2D eigenvalue weighted by Crippen LogP contribution is 2.29. The third-order valence-electron chi connectivity index (χ3n) is 4.27. The summed E-state index contributed by atoms with van der Waals surface area (Å²) in [5.41, 5.74) is 5.26. The molecule has 142 valence electrons. The number of hydrogen-bond donors (Lipinski definition) is 1. The first-order valence-corrected chi connectivity index (χ1v) is 8.54. The van der Waals surface area contributed by atoms with Crippen molar-refractivity contribution >= 4 is 10.8 Å². The van der Waals surface area contributed by atoms with Crippen molar-refractivity contribution in [2.75, 3.05) is 0 Å². The van der Waals surface area contributed by atoms with Crippen LogP contribution in [-0.4, -0.2) is 20.6 Å². The highest BCUT2D eigenvalue weighted by Gasteiger charge is 2.31. The molecule has 2 N–H and O–H groups in total. The molecule has 3 aromatic rings. The lowest BCUT2D eigenvalue weighted by atomic mass is 10.1. The molecule has 1 unspecified atom stereocenters. The van der Waals surface area contributed by atoms with Gasteiger partial charge in [0, 0.05) is 42.1 Å². The largest absolute Gasteiger partial charge is 0.419 e. The molecule has 3 rings (SSSR count). The predicted molar refractivity (Wildman–Crippen MR) is 97.1 cm³/mol. The standard InChI is InChI=1S/C19H19F3N4O/c1-12(23)3-2-7-26-8-6-13-9-14(4-5-16(13)18(26)27)17-24-10-15(11-25-17)19(20,21)22/h4-6,8-12H,2-3,7,23H2,1H3. The van der Waals surface area contributed by atoms with E-state index in [2.05, 4.69) is 9.97 Å². The molecule has 0 aliphatic heterocycles. The first-order chi connectivity index (χ1) is 12.8. The maximum absolute atomic E-state index is 12.6. The van der Waals surface area contributed by atoms with Crippen molar-refractivity contribution < 1.29 is 13.2 Å². The summed E-state index contributed by atoms with van der Waals surface area (Å²) in [5.74, 6) is 0.172. The smallest absolute Gasteiger partial charge is 0.328 e. The van der Waals surface area contributed by atoms with E-state index in [1.807, 2.05) is 6.92 Å². The first-order valence-electron chi connectivity index (χ1n) is 8.54. The summed E-state index contributed by atoms with van der Waals surface area (Å²) in [5, 5.41) is 1.22. The summed E-state index contributed by atoms with van der Waals surface area (Å²) in [7, 11) is 0. The number of aryl methyl sites for hydroxylation is 1. The molecule has 0 fully saturated rings. The molecule has 0 aliphatic rings. The molecular weight excluding hydrogens is 357 g/mol. The number of pyridine rings is 1. The molecule has 1 aromatic carbocycles. The van der Waals surface area contributed by atoms with Gasteiger partial charge in [0.25, 0.3) is 5.56 Å². The van der Waals surface area contributed by atoms with Gasteiger partial charge in [-0.15, -0.1) is 0 Å². The van der Waals surface area contributed by atoms with Crippen molar-refractivity contribution in [2.24, 2.45) is 5.73 Å². The van der Waals surface area contributed by atoms with Gasteiger partial charge in [0.1, 0.15) is 0 Å². The second-order valence-corrected chi connectivity index (χ2v) is 6.53. The molecule has 2 heterocycles. The summed E-state index contributed by atoms with van der Waals surface area (Å²) >= 11 is 0. The average Bonchev–Trinajstić information content (AvgIpc) is 2.62. The highest BCUT2D eigenvalue weighted by atomic mass is 19.4. The van der Waals surface area contributed by atoms with Crippen LogP contribution in [0.15, 0.2) is 47.7 Å². The molecular formula is C19H19F3N4O. The fourth-order valence-corrected chi connectivity index (χ4v) is 2.81. The van der Waals surface area contributed by atoms with E-state index in [9.17, 15) is 18.0 Å².